The fourth-order valence-corrected chi connectivity index (χ4v) is 4.87. The molecule has 2 N–H and O–H groups in total. The van der Waals surface area contributed by atoms with Crippen LogP contribution in [0.1, 0.15) is 31.4 Å². The predicted octanol–water partition coefficient (Wildman–Crippen LogP) is 4.61. The molecule has 0 bridgehead atoms. The Labute approximate surface area is 170 Å². The number of nitrogens with zero attached hydrogens (tertiary/aromatic N) is 1. The molecule has 0 saturated carbocycles. The van der Waals surface area contributed by atoms with Gasteiger partial charge in [0.2, 0.25) is 11.6 Å². The summed E-state index contributed by atoms with van der Waals surface area (Å²) in [5.41, 5.74) is 7.84. The van der Waals surface area contributed by atoms with Crippen LogP contribution in [0.5, 0.6) is 5.75 Å². The Morgan fingerprint density at radius 2 is 1.79 bits per heavy atom. The summed E-state index contributed by atoms with van der Waals surface area (Å²) >= 11 is 0. The zero-order valence-corrected chi connectivity index (χ0v) is 16.7. The molecular formula is C25H24N2O2. The standard InChI is InChI=1S/C25H24N2O2/c1-24(2)20-9-5-6-10-21(20)27(16-14-23(26)28)25(24)15-13-19-18-8-4-3-7-17(18)11-12-22(19)29-25/h3-13,15H,14,16H2,1-2H3,(H2,26,28)/t25-/m0/s1. The van der Waals surface area contributed by atoms with Crippen molar-refractivity contribution in [1.82, 2.24) is 0 Å². The van der Waals surface area contributed by atoms with Gasteiger partial charge in [-0.3, -0.25) is 4.79 Å². The normalized spacial score (nSPS) is 21.1. The van der Waals surface area contributed by atoms with Gasteiger partial charge in [0.15, 0.2) is 0 Å². The number of nitrogens with two attached hydrogens (primary N) is 1. The highest BCUT2D eigenvalue weighted by Gasteiger charge is 2.58. The van der Waals surface area contributed by atoms with E-state index in [4.69, 9.17) is 10.5 Å². The first-order valence-electron chi connectivity index (χ1n) is 9.99. The average molecular weight is 384 g/mol. The lowest BCUT2D eigenvalue weighted by molar-refractivity contribution is -0.117. The topological polar surface area (TPSA) is 55.6 Å². The van der Waals surface area contributed by atoms with Gasteiger partial charge in [-0.25, -0.2) is 0 Å². The summed E-state index contributed by atoms with van der Waals surface area (Å²) in [6, 6.07) is 20.8. The molecule has 29 heavy (non-hydrogen) atoms. The van der Waals surface area contributed by atoms with E-state index in [0.717, 1.165) is 17.0 Å². The lowest BCUT2D eigenvalue weighted by Crippen LogP contribution is -2.60. The smallest absolute Gasteiger partial charge is 0.219 e. The molecule has 0 fully saturated rings. The van der Waals surface area contributed by atoms with Gasteiger partial charge in [0.25, 0.3) is 0 Å². The minimum Gasteiger partial charge on any atom is -0.463 e. The molecule has 0 unspecified atom stereocenters. The number of benzene rings is 3. The van der Waals surface area contributed by atoms with Gasteiger partial charge < -0.3 is 15.4 Å². The van der Waals surface area contributed by atoms with Crippen molar-refractivity contribution < 1.29 is 9.53 Å². The second-order valence-electron chi connectivity index (χ2n) is 8.34. The zero-order valence-electron chi connectivity index (χ0n) is 16.7. The second-order valence-corrected chi connectivity index (χ2v) is 8.34. The molecule has 0 aromatic heterocycles. The lowest BCUT2D eigenvalue weighted by Gasteiger charge is -2.47. The van der Waals surface area contributed by atoms with Gasteiger partial charge in [-0.05, 0) is 54.5 Å². The van der Waals surface area contributed by atoms with Crippen LogP contribution in [0.25, 0.3) is 16.8 Å². The van der Waals surface area contributed by atoms with E-state index in [-0.39, 0.29) is 17.7 Å². The highest BCUT2D eigenvalue weighted by atomic mass is 16.5. The van der Waals surface area contributed by atoms with E-state index in [1.807, 2.05) is 18.2 Å². The van der Waals surface area contributed by atoms with Crippen molar-refractivity contribution in [3.05, 3.63) is 77.9 Å². The fraction of sp³-hybridized carbons (Fsp3) is 0.240. The van der Waals surface area contributed by atoms with Gasteiger partial charge in [0, 0.05) is 24.2 Å². The van der Waals surface area contributed by atoms with Crippen LogP contribution >= 0.6 is 0 Å². The molecule has 5 rings (SSSR count). The number of carbonyl (C=O) groups excluding carboxylic acids is 1. The molecule has 1 atom stereocenters. The maximum atomic E-state index is 11.6. The van der Waals surface area contributed by atoms with E-state index < -0.39 is 5.72 Å². The van der Waals surface area contributed by atoms with Gasteiger partial charge in [-0.15, -0.1) is 0 Å². The zero-order chi connectivity index (χ0) is 20.2. The largest absolute Gasteiger partial charge is 0.463 e. The number of rotatable bonds is 3. The highest BCUT2D eigenvalue weighted by molar-refractivity contribution is 5.94. The van der Waals surface area contributed by atoms with E-state index >= 15 is 0 Å². The van der Waals surface area contributed by atoms with E-state index in [1.54, 1.807) is 0 Å². The molecule has 2 aliphatic heterocycles. The molecule has 3 aromatic rings. The minimum atomic E-state index is -0.721. The summed E-state index contributed by atoms with van der Waals surface area (Å²) in [4.78, 5) is 13.8. The predicted molar refractivity (Wildman–Crippen MR) is 117 cm³/mol. The van der Waals surface area contributed by atoms with Crippen LogP contribution in [-0.4, -0.2) is 18.2 Å². The Morgan fingerprint density at radius 3 is 2.62 bits per heavy atom. The summed E-state index contributed by atoms with van der Waals surface area (Å²) in [6.45, 7) is 4.90. The molecule has 0 saturated heterocycles. The van der Waals surface area contributed by atoms with Crippen LogP contribution in [0.15, 0.2) is 66.7 Å². The third-order valence-corrected chi connectivity index (χ3v) is 6.42. The molecular weight excluding hydrogens is 360 g/mol. The van der Waals surface area contributed by atoms with Crippen LogP contribution in [0.2, 0.25) is 0 Å². The average Bonchev–Trinajstić information content (AvgIpc) is 2.90. The summed E-state index contributed by atoms with van der Waals surface area (Å²) in [6.07, 6.45) is 4.60. The lowest BCUT2D eigenvalue weighted by atomic mass is 9.76. The van der Waals surface area contributed by atoms with E-state index in [0.29, 0.717) is 6.54 Å². The summed E-state index contributed by atoms with van der Waals surface area (Å²) in [5, 5.41) is 2.36. The molecule has 146 valence electrons. The number of anilines is 1. The highest BCUT2D eigenvalue weighted by Crippen LogP contribution is 2.55. The van der Waals surface area contributed by atoms with E-state index in [2.05, 4.69) is 73.4 Å². The number of para-hydroxylation sites is 1. The summed E-state index contributed by atoms with van der Waals surface area (Å²) in [7, 11) is 0. The Balaban J connectivity index is 1.68. The maximum absolute atomic E-state index is 11.6. The molecule has 4 nitrogen and oxygen atoms in total. The molecule has 1 amide bonds. The molecule has 4 heteroatoms. The number of hydrogen-bond donors (Lipinski definition) is 1. The van der Waals surface area contributed by atoms with Crippen molar-refractivity contribution in [2.24, 2.45) is 5.73 Å². The van der Waals surface area contributed by atoms with Crippen LogP contribution in [-0.2, 0) is 10.2 Å². The van der Waals surface area contributed by atoms with Crippen LogP contribution in [0.3, 0.4) is 0 Å². The van der Waals surface area contributed by atoms with Gasteiger partial charge in [0.1, 0.15) is 5.75 Å². The number of carbonyl (C=O) groups is 1. The van der Waals surface area contributed by atoms with Crippen LogP contribution in [0, 0.1) is 0 Å². The number of primary amides is 1. The first-order chi connectivity index (χ1) is 13.9. The molecule has 2 aliphatic rings. The van der Waals surface area contributed by atoms with Gasteiger partial charge in [0.05, 0.1) is 5.41 Å². The van der Waals surface area contributed by atoms with Crippen molar-refractivity contribution in [3.8, 4) is 5.75 Å². The fourth-order valence-electron chi connectivity index (χ4n) is 4.87. The monoisotopic (exact) mass is 384 g/mol. The minimum absolute atomic E-state index is 0.272. The summed E-state index contributed by atoms with van der Waals surface area (Å²) < 4.78 is 6.82. The van der Waals surface area contributed by atoms with Crippen molar-refractivity contribution in [1.29, 1.82) is 0 Å². The third-order valence-electron chi connectivity index (χ3n) is 6.42. The van der Waals surface area contributed by atoms with E-state index in [9.17, 15) is 4.79 Å². The Hall–Kier alpha value is -3.27. The molecule has 0 aliphatic carbocycles. The number of ether oxygens (including phenoxy) is 1. The second kappa shape index (κ2) is 6.11. The summed E-state index contributed by atoms with van der Waals surface area (Å²) in [5.74, 6) is 0.546. The van der Waals surface area contributed by atoms with Crippen molar-refractivity contribution >= 4 is 28.4 Å². The Kier molecular flexibility index (Phi) is 3.75. The Bertz CT molecular complexity index is 1160. The number of amides is 1. The van der Waals surface area contributed by atoms with Gasteiger partial charge >= 0.3 is 0 Å². The quantitative estimate of drug-likeness (QED) is 0.717. The SMILES string of the molecule is CC1(C)c2ccccc2N(CCC(N)=O)[C@]12C=Cc1c(ccc3ccccc13)O2. The first kappa shape index (κ1) is 17.8. The maximum Gasteiger partial charge on any atom is 0.219 e. The number of hydrogen-bond acceptors (Lipinski definition) is 3. The third kappa shape index (κ3) is 2.42. The molecule has 0 radical (unpaired) electrons. The van der Waals surface area contributed by atoms with Crippen LogP contribution in [0.4, 0.5) is 5.69 Å². The van der Waals surface area contributed by atoms with E-state index in [1.165, 1.54) is 16.3 Å². The number of fused-ring (bicyclic) bond motifs is 4. The molecule has 3 aromatic carbocycles. The van der Waals surface area contributed by atoms with Gasteiger partial charge in [-0.1, -0.05) is 48.5 Å². The van der Waals surface area contributed by atoms with Crippen molar-refractivity contribution in [3.63, 3.8) is 0 Å². The van der Waals surface area contributed by atoms with Crippen molar-refractivity contribution in [2.75, 3.05) is 11.4 Å². The molecule has 1 spiro atoms. The van der Waals surface area contributed by atoms with Gasteiger partial charge in [-0.2, -0.15) is 0 Å². The van der Waals surface area contributed by atoms with Crippen LogP contribution < -0.4 is 15.4 Å². The van der Waals surface area contributed by atoms with Crippen molar-refractivity contribution in [2.45, 2.75) is 31.4 Å². The Morgan fingerprint density at radius 1 is 1.03 bits per heavy atom. The first-order valence-corrected chi connectivity index (χ1v) is 9.99. The molecule has 2 heterocycles.